The fraction of sp³-hybridized carbons (Fsp3) is 0.190. The molecule has 0 unspecified atom stereocenters. The van der Waals surface area contributed by atoms with Crippen LogP contribution in [0.4, 0.5) is 11.4 Å². The van der Waals surface area contributed by atoms with Crippen molar-refractivity contribution in [2.24, 2.45) is 0 Å². The van der Waals surface area contributed by atoms with Gasteiger partial charge in [-0.1, -0.05) is 30.0 Å². The Bertz CT molecular complexity index is 1150. The van der Waals surface area contributed by atoms with E-state index in [-0.39, 0.29) is 17.2 Å². The standard InChI is InChI=1S/C21H20N4O4S2/c1-13-12-30-21(22-13)31-19-9-8-15(10-18(19)25(28)29)20(27)23-17-7-5-4-6-16(17)11-24(3)14(2)26/h4-10,12H,11H2,1-3H3,(H,23,27). The Labute approximate surface area is 187 Å². The van der Waals surface area contributed by atoms with Crippen LogP contribution in [-0.4, -0.2) is 33.7 Å². The number of hydrogen-bond acceptors (Lipinski definition) is 7. The number of nitro groups is 1. The van der Waals surface area contributed by atoms with E-state index < -0.39 is 10.8 Å². The highest BCUT2D eigenvalue weighted by Crippen LogP contribution is 2.37. The zero-order chi connectivity index (χ0) is 22.5. The lowest BCUT2D eigenvalue weighted by Crippen LogP contribution is -2.24. The minimum Gasteiger partial charge on any atom is -0.342 e. The van der Waals surface area contributed by atoms with Crippen LogP contribution in [0.15, 0.2) is 57.1 Å². The number of para-hydroxylation sites is 1. The number of carbonyl (C=O) groups is 2. The molecule has 0 aliphatic heterocycles. The molecule has 0 bridgehead atoms. The number of hydrogen-bond donors (Lipinski definition) is 1. The number of nitrogens with one attached hydrogen (secondary N) is 1. The first-order valence-electron chi connectivity index (χ1n) is 9.24. The molecule has 1 N–H and O–H groups in total. The van der Waals surface area contributed by atoms with Gasteiger partial charge in [-0.15, -0.1) is 11.3 Å². The molecule has 0 saturated carbocycles. The van der Waals surface area contributed by atoms with Crippen LogP contribution in [0.5, 0.6) is 0 Å². The van der Waals surface area contributed by atoms with Gasteiger partial charge < -0.3 is 10.2 Å². The van der Waals surface area contributed by atoms with Gasteiger partial charge in [-0.2, -0.15) is 0 Å². The Morgan fingerprint density at radius 3 is 2.65 bits per heavy atom. The monoisotopic (exact) mass is 456 g/mol. The Balaban J connectivity index is 1.83. The van der Waals surface area contributed by atoms with Crippen molar-refractivity contribution in [3.63, 3.8) is 0 Å². The van der Waals surface area contributed by atoms with Crippen molar-refractivity contribution in [3.05, 3.63) is 74.8 Å². The molecule has 0 fully saturated rings. The number of anilines is 1. The minimum atomic E-state index is -0.505. The third-order valence-corrected chi connectivity index (χ3v) is 6.55. The van der Waals surface area contributed by atoms with E-state index in [1.807, 2.05) is 24.4 Å². The summed E-state index contributed by atoms with van der Waals surface area (Å²) in [5.41, 5.74) is 2.16. The van der Waals surface area contributed by atoms with Crippen LogP contribution in [0.3, 0.4) is 0 Å². The van der Waals surface area contributed by atoms with Crippen LogP contribution < -0.4 is 5.32 Å². The molecular formula is C21H20N4O4S2. The Hall–Kier alpha value is -3.24. The lowest BCUT2D eigenvalue weighted by atomic mass is 10.1. The molecule has 0 spiro atoms. The van der Waals surface area contributed by atoms with E-state index in [2.05, 4.69) is 10.3 Å². The number of rotatable bonds is 7. The van der Waals surface area contributed by atoms with Crippen molar-refractivity contribution in [3.8, 4) is 0 Å². The van der Waals surface area contributed by atoms with Gasteiger partial charge in [-0.3, -0.25) is 19.7 Å². The van der Waals surface area contributed by atoms with Crippen LogP contribution in [0.1, 0.15) is 28.5 Å². The molecule has 8 nitrogen and oxygen atoms in total. The topological polar surface area (TPSA) is 105 Å². The molecule has 10 heteroatoms. The Morgan fingerprint density at radius 2 is 2.00 bits per heavy atom. The molecule has 2 aromatic carbocycles. The van der Waals surface area contributed by atoms with Crippen LogP contribution in [0.25, 0.3) is 0 Å². The lowest BCUT2D eigenvalue weighted by Gasteiger charge is -2.18. The number of aromatic nitrogens is 1. The summed E-state index contributed by atoms with van der Waals surface area (Å²) in [7, 11) is 1.67. The van der Waals surface area contributed by atoms with Crippen molar-refractivity contribution >= 4 is 46.3 Å². The fourth-order valence-corrected chi connectivity index (χ4v) is 4.58. The van der Waals surface area contributed by atoms with Crippen LogP contribution in [-0.2, 0) is 11.3 Å². The predicted octanol–water partition coefficient (Wildman–Crippen LogP) is 4.74. The Morgan fingerprint density at radius 1 is 1.26 bits per heavy atom. The summed E-state index contributed by atoms with van der Waals surface area (Å²) in [6.45, 7) is 3.65. The first kappa shape index (κ1) is 22.4. The average Bonchev–Trinajstić information content (AvgIpc) is 3.14. The van der Waals surface area contributed by atoms with E-state index in [0.29, 0.717) is 21.5 Å². The minimum absolute atomic E-state index is 0.0970. The van der Waals surface area contributed by atoms with Gasteiger partial charge >= 0.3 is 0 Å². The number of benzene rings is 2. The zero-order valence-corrected chi connectivity index (χ0v) is 18.8. The predicted molar refractivity (Wildman–Crippen MR) is 121 cm³/mol. The number of nitro benzene ring substituents is 1. The maximum atomic E-state index is 12.8. The number of amides is 2. The first-order chi connectivity index (χ1) is 14.7. The summed E-state index contributed by atoms with van der Waals surface area (Å²) in [5, 5.41) is 16.3. The number of aryl methyl sites for hydroxylation is 1. The number of thiazole rings is 1. The smallest absolute Gasteiger partial charge is 0.284 e. The summed E-state index contributed by atoms with van der Waals surface area (Å²) in [6.07, 6.45) is 0. The van der Waals surface area contributed by atoms with Crippen molar-refractivity contribution < 1.29 is 14.5 Å². The third-order valence-electron chi connectivity index (χ3n) is 4.42. The molecule has 2 amide bonds. The summed E-state index contributed by atoms with van der Waals surface area (Å²) in [5.74, 6) is -0.567. The van der Waals surface area contributed by atoms with Crippen molar-refractivity contribution in [1.82, 2.24) is 9.88 Å². The van der Waals surface area contributed by atoms with Crippen molar-refractivity contribution in [1.29, 1.82) is 0 Å². The van der Waals surface area contributed by atoms with Gasteiger partial charge in [0.05, 0.1) is 9.82 Å². The zero-order valence-electron chi connectivity index (χ0n) is 17.1. The van der Waals surface area contributed by atoms with Gasteiger partial charge in [0.2, 0.25) is 5.91 Å². The van der Waals surface area contributed by atoms with Gasteiger partial charge in [0.15, 0.2) is 4.34 Å². The quantitative estimate of drug-likeness (QED) is 0.407. The third kappa shape index (κ3) is 5.68. The molecule has 3 rings (SSSR count). The normalized spacial score (nSPS) is 10.5. The van der Waals surface area contributed by atoms with Gasteiger partial charge in [-0.05, 0) is 30.7 Å². The summed E-state index contributed by atoms with van der Waals surface area (Å²) in [6, 6.07) is 11.5. The summed E-state index contributed by atoms with van der Waals surface area (Å²) >= 11 is 2.60. The molecule has 0 saturated heterocycles. The maximum absolute atomic E-state index is 12.8. The van der Waals surface area contributed by atoms with Crippen LogP contribution in [0.2, 0.25) is 0 Å². The second-order valence-corrected chi connectivity index (χ2v) is 8.93. The van der Waals surface area contributed by atoms with E-state index in [0.717, 1.165) is 11.3 Å². The Kier molecular flexibility index (Phi) is 7.03. The van der Waals surface area contributed by atoms with Crippen LogP contribution >= 0.6 is 23.1 Å². The highest BCUT2D eigenvalue weighted by molar-refractivity contribution is 8.01. The summed E-state index contributed by atoms with van der Waals surface area (Å²) < 4.78 is 0.696. The maximum Gasteiger partial charge on any atom is 0.284 e. The molecule has 0 aliphatic rings. The number of carbonyl (C=O) groups excluding carboxylic acids is 2. The molecule has 0 atom stereocenters. The molecule has 0 radical (unpaired) electrons. The summed E-state index contributed by atoms with van der Waals surface area (Å²) in [4.78, 5) is 41.7. The van der Waals surface area contributed by atoms with E-state index in [1.54, 1.807) is 31.3 Å². The van der Waals surface area contributed by atoms with E-state index in [1.165, 1.54) is 41.0 Å². The molecule has 31 heavy (non-hydrogen) atoms. The van der Waals surface area contributed by atoms with Gasteiger partial charge in [-0.25, -0.2) is 4.98 Å². The largest absolute Gasteiger partial charge is 0.342 e. The van der Waals surface area contributed by atoms with Gasteiger partial charge in [0.25, 0.3) is 11.6 Å². The van der Waals surface area contributed by atoms with Gasteiger partial charge in [0.1, 0.15) is 0 Å². The molecular weight excluding hydrogens is 436 g/mol. The lowest BCUT2D eigenvalue weighted by molar-refractivity contribution is -0.387. The molecule has 0 aliphatic carbocycles. The highest BCUT2D eigenvalue weighted by Gasteiger charge is 2.20. The van der Waals surface area contributed by atoms with Crippen molar-refractivity contribution in [2.45, 2.75) is 29.6 Å². The SMILES string of the molecule is CC(=O)N(C)Cc1ccccc1NC(=O)c1ccc(Sc2nc(C)cs2)c([N+](=O)[O-])c1. The van der Waals surface area contributed by atoms with E-state index in [4.69, 9.17) is 0 Å². The second-order valence-electron chi connectivity index (χ2n) is 6.78. The molecule has 3 aromatic rings. The molecule has 160 valence electrons. The second kappa shape index (κ2) is 9.71. The average molecular weight is 457 g/mol. The van der Waals surface area contributed by atoms with E-state index in [9.17, 15) is 19.7 Å². The van der Waals surface area contributed by atoms with Crippen molar-refractivity contribution in [2.75, 3.05) is 12.4 Å². The molecule has 1 aromatic heterocycles. The van der Waals surface area contributed by atoms with Crippen LogP contribution in [0, 0.1) is 17.0 Å². The fourth-order valence-electron chi connectivity index (χ4n) is 2.70. The molecule has 1 heterocycles. The first-order valence-corrected chi connectivity index (χ1v) is 10.9. The van der Waals surface area contributed by atoms with Gasteiger partial charge in [0, 0.05) is 48.9 Å². The van der Waals surface area contributed by atoms with E-state index >= 15 is 0 Å². The number of nitrogens with zero attached hydrogens (tertiary/aromatic N) is 3. The highest BCUT2D eigenvalue weighted by atomic mass is 32.2.